The van der Waals surface area contributed by atoms with Crippen LogP contribution < -0.4 is 0 Å². The van der Waals surface area contributed by atoms with Crippen LogP contribution in [0, 0.1) is 26.8 Å². The zero-order chi connectivity index (χ0) is 16.6. The van der Waals surface area contributed by atoms with E-state index in [4.69, 9.17) is 9.26 Å². The van der Waals surface area contributed by atoms with Crippen molar-refractivity contribution >= 4 is 17.1 Å². The largest absolute Gasteiger partial charge is 0.464 e. The number of fused-ring (bicyclic) bond motifs is 1. The molecule has 6 heteroatoms. The number of pyridine rings is 1. The number of nitrogens with zero attached hydrogens (tertiary/aromatic N) is 2. The van der Waals surface area contributed by atoms with E-state index in [0.29, 0.717) is 28.9 Å². The zero-order valence-corrected chi connectivity index (χ0v) is 17.0. The molecule has 121 valence electrons. The molecule has 0 unspecified atom stereocenters. The molecule has 5 nitrogen and oxygen atoms in total. The number of carbonyl (C=O) groups excluding carboxylic acids is 1. The Hall–Kier alpha value is -1.59. The number of rotatable bonds is 3. The summed E-state index contributed by atoms with van der Waals surface area (Å²) in [4.78, 5) is 16.7. The molecule has 0 spiro atoms. The van der Waals surface area contributed by atoms with Crippen LogP contribution in [-0.4, -0.2) is 23.2 Å². The third-order valence-corrected chi connectivity index (χ3v) is 4.07. The summed E-state index contributed by atoms with van der Waals surface area (Å²) in [5, 5.41) is 3.95. The maximum atomic E-state index is 12.2. The van der Waals surface area contributed by atoms with Gasteiger partial charge in [-0.3, -0.25) is 0 Å². The Labute approximate surface area is 165 Å². The van der Waals surface area contributed by atoms with Crippen molar-refractivity contribution in [2.24, 2.45) is 0 Å². The summed E-state index contributed by atoms with van der Waals surface area (Å²) in [5.41, 5.74) is 6.07. The molecule has 24 heavy (non-hydrogen) atoms. The number of esters is 1. The predicted molar refractivity (Wildman–Crippen MR) is 85.4 cm³/mol. The zero-order valence-electron chi connectivity index (χ0n) is 14.1. The SMILES string of the molecule is COC(=O)c1nc2c(C)noc2c(C)c1Cc1cc[c-]cc1C.[Y]. The molecule has 0 N–H and O–H groups in total. The van der Waals surface area contributed by atoms with Crippen LogP contribution in [0.15, 0.2) is 22.7 Å². The Bertz CT molecular complexity index is 903. The summed E-state index contributed by atoms with van der Waals surface area (Å²) < 4.78 is 10.3. The molecule has 2 aromatic heterocycles. The third kappa shape index (κ3) is 3.28. The van der Waals surface area contributed by atoms with Crippen LogP contribution in [0.2, 0.25) is 0 Å². The number of methoxy groups -OCH3 is 1. The van der Waals surface area contributed by atoms with Crippen molar-refractivity contribution in [3.8, 4) is 0 Å². The molecule has 0 amide bonds. The summed E-state index contributed by atoms with van der Waals surface area (Å²) in [7, 11) is 1.36. The van der Waals surface area contributed by atoms with Crippen LogP contribution in [0.3, 0.4) is 0 Å². The van der Waals surface area contributed by atoms with Crippen molar-refractivity contribution in [2.75, 3.05) is 7.11 Å². The maximum Gasteiger partial charge on any atom is 0.356 e. The van der Waals surface area contributed by atoms with E-state index >= 15 is 0 Å². The van der Waals surface area contributed by atoms with E-state index in [0.717, 1.165) is 22.3 Å². The first-order chi connectivity index (χ1) is 11.0. The molecule has 0 aliphatic heterocycles. The van der Waals surface area contributed by atoms with E-state index in [1.54, 1.807) is 6.92 Å². The Morgan fingerprint density at radius 3 is 2.75 bits per heavy atom. The third-order valence-electron chi connectivity index (χ3n) is 4.07. The summed E-state index contributed by atoms with van der Waals surface area (Å²) in [6.45, 7) is 5.74. The van der Waals surface area contributed by atoms with Gasteiger partial charge in [0.2, 0.25) is 0 Å². The van der Waals surface area contributed by atoms with Gasteiger partial charge in [-0.25, -0.2) is 9.78 Å². The number of aryl methyl sites for hydroxylation is 3. The summed E-state index contributed by atoms with van der Waals surface area (Å²) in [6, 6.07) is 8.82. The molecule has 0 bridgehead atoms. The van der Waals surface area contributed by atoms with Gasteiger partial charge in [0.1, 0.15) is 11.2 Å². The number of ether oxygens (including phenoxy) is 1. The molecular weight excluding hydrogens is 381 g/mol. The van der Waals surface area contributed by atoms with E-state index in [-0.39, 0.29) is 32.7 Å². The molecule has 0 saturated carbocycles. The van der Waals surface area contributed by atoms with Crippen molar-refractivity contribution in [2.45, 2.75) is 27.2 Å². The number of hydrogen-bond donors (Lipinski definition) is 0. The van der Waals surface area contributed by atoms with Gasteiger partial charge in [0.05, 0.1) is 7.11 Å². The average molecular weight is 398 g/mol. The molecule has 1 radical (unpaired) electrons. The van der Waals surface area contributed by atoms with Gasteiger partial charge in [0, 0.05) is 38.3 Å². The van der Waals surface area contributed by atoms with Crippen LogP contribution in [0.1, 0.15) is 38.4 Å². The van der Waals surface area contributed by atoms with Crippen LogP contribution in [0.25, 0.3) is 11.1 Å². The van der Waals surface area contributed by atoms with Crippen molar-refractivity contribution in [3.63, 3.8) is 0 Å². The van der Waals surface area contributed by atoms with Gasteiger partial charge in [-0.15, -0.1) is 0 Å². The van der Waals surface area contributed by atoms with Gasteiger partial charge in [0.25, 0.3) is 0 Å². The standard InChI is InChI=1S/C18H17N2O3.Y/c1-10-7-5-6-8-13(10)9-14-11(2)17-15(12(3)20-23-17)19-16(14)18(21)22-4;/h6-8H,9H2,1-4H3;/q-1;. The fraction of sp³-hybridized carbons (Fsp3) is 0.278. The molecule has 2 heterocycles. The van der Waals surface area contributed by atoms with E-state index in [2.05, 4.69) is 16.2 Å². The number of hydrogen-bond acceptors (Lipinski definition) is 5. The second-order valence-corrected chi connectivity index (χ2v) is 5.53. The minimum atomic E-state index is -0.453. The maximum absolute atomic E-state index is 12.2. The van der Waals surface area contributed by atoms with Crippen LogP contribution >= 0.6 is 0 Å². The van der Waals surface area contributed by atoms with Gasteiger partial charge in [-0.2, -0.15) is 35.4 Å². The molecular formula is C18H17N2O3Y-. The molecule has 0 saturated heterocycles. The van der Waals surface area contributed by atoms with Crippen LogP contribution in [0.4, 0.5) is 0 Å². The molecule has 3 rings (SSSR count). The first-order valence-corrected chi connectivity index (χ1v) is 7.32. The van der Waals surface area contributed by atoms with E-state index in [1.165, 1.54) is 7.11 Å². The van der Waals surface area contributed by atoms with E-state index < -0.39 is 5.97 Å². The number of carbonyl (C=O) groups is 1. The first kappa shape index (κ1) is 18.7. The Balaban J connectivity index is 0.00000208. The normalized spacial score (nSPS) is 10.5. The Morgan fingerprint density at radius 1 is 1.33 bits per heavy atom. The van der Waals surface area contributed by atoms with Gasteiger partial charge in [0.15, 0.2) is 11.3 Å². The molecule has 0 aliphatic rings. The Kier molecular flexibility index (Phi) is 5.89. The smallest absolute Gasteiger partial charge is 0.356 e. The quantitative estimate of drug-likeness (QED) is 0.500. The van der Waals surface area contributed by atoms with Crippen molar-refractivity contribution in [1.82, 2.24) is 10.1 Å². The number of aromatic nitrogens is 2. The van der Waals surface area contributed by atoms with E-state index in [9.17, 15) is 4.79 Å². The van der Waals surface area contributed by atoms with Crippen molar-refractivity contribution < 1.29 is 46.8 Å². The monoisotopic (exact) mass is 398 g/mol. The fourth-order valence-electron chi connectivity index (χ4n) is 2.65. The first-order valence-electron chi connectivity index (χ1n) is 7.32. The van der Waals surface area contributed by atoms with E-state index in [1.807, 2.05) is 32.0 Å². The van der Waals surface area contributed by atoms with Gasteiger partial charge >= 0.3 is 5.97 Å². The minimum absolute atomic E-state index is 0. The van der Waals surface area contributed by atoms with Crippen LogP contribution in [-0.2, 0) is 43.9 Å². The molecule has 0 atom stereocenters. The fourth-order valence-corrected chi connectivity index (χ4v) is 2.65. The molecule has 0 aliphatic carbocycles. The second kappa shape index (κ2) is 7.53. The number of benzene rings is 1. The average Bonchev–Trinajstić information content (AvgIpc) is 2.92. The minimum Gasteiger partial charge on any atom is -0.464 e. The van der Waals surface area contributed by atoms with Crippen molar-refractivity contribution in [1.29, 1.82) is 0 Å². The summed E-state index contributed by atoms with van der Waals surface area (Å²) in [6.07, 6.45) is 0.569. The van der Waals surface area contributed by atoms with Gasteiger partial charge in [-0.1, -0.05) is 12.1 Å². The summed E-state index contributed by atoms with van der Waals surface area (Å²) in [5.74, 6) is -0.453. The molecule has 3 aromatic rings. The predicted octanol–water partition coefficient (Wildman–Crippen LogP) is 3.32. The van der Waals surface area contributed by atoms with Gasteiger partial charge in [-0.05, 0) is 25.8 Å². The molecule has 1 aromatic carbocycles. The van der Waals surface area contributed by atoms with Gasteiger partial charge < -0.3 is 9.26 Å². The molecule has 0 fully saturated rings. The van der Waals surface area contributed by atoms with Crippen molar-refractivity contribution in [3.05, 3.63) is 57.9 Å². The van der Waals surface area contributed by atoms with Crippen LogP contribution in [0.5, 0.6) is 0 Å². The topological polar surface area (TPSA) is 65.2 Å². The Morgan fingerprint density at radius 2 is 2.08 bits per heavy atom. The summed E-state index contributed by atoms with van der Waals surface area (Å²) >= 11 is 0. The second-order valence-electron chi connectivity index (χ2n) is 5.53.